The molecule has 0 spiro atoms. The second-order valence-electron chi connectivity index (χ2n) is 7.64. The molecule has 0 bridgehead atoms. The van der Waals surface area contributed by atoms with Crippen molar-refractivity contribution >= 4 is 11.6 Å². The number of para-hydroxylation sites is 2. The van der Waals surface area contributed by atoms with E-state index in [0.29, 0.717) is 34.7 Å². The van der Waals surface area contributed by atoms with Gasteiger partial charge in [-0.15, -0.1) is 0 Å². The first-order chi connectivity index (χ1) is 15.2. The molecule has 156 valence electrons. The molecule has 1 fully saturated rings. The lowest BCUT2D eigenvalue weighted by Crippen LogP contribution is -2.20. The average Bonchev–Trinajstić information content (AvgIpc) is 3.43. The van der Waals surface area contributed by atoms with Crippen molar-refractivity contribution in [3.63, 3.8) is 0 Å². The molecular formula is C24H22N4O3. The van der Waals surface area contributed by atoms with Crippen LogP contribution in [0.15, 0.2) is 77.9 Å². The molecule has 0 aliphatic carbocycles. The Morgan fingerprint density at radius 3 is 2.52 bits per heavy atom. The summed E-state index contributed by atoms with van der Waals surface area (Å²) in [4.78, 5) is 26.3. The fourth-order valence-corrected chi connectivity index (χ4v) is 3.92. The van der Waals surface area contributed by atoms with Gasteiger partial charge in [0.15, 0.2) is 0 Å². The SMILES string of the molecule is O=C(Nc1ccccc1)c1cn(C[C@H]2CCCO2)cc2c(=O)n(-c3ccccc3)nc1-2. The van der Waals surface area contributed by atoms with E-state index in [4.69, 9.17) is 4.74 Å². The number of aromatic nitrogens is 3. The summed E-state index contributed by atoms with van der Waals surface area (Å²) >= 11 is 0. The van der Waals surface area contributed by atoms with Crippen molar-refractivity contribution in [3.05, 3.63) is 89.0 Å². The monoisotopic (exact) mass is 414 g/mol. The predicted molar refractivity (Wildman–Crippen MR) is 118 cm³/mol. The molecule has 7 heteroatoms. The minimum atomic E-state index is -0.310. The van der Waals surface area contributed by atoms with E-state index in [1.165, 1.54) is 4.68 Å². The number of nitrogens with one attached hydrogen (secondary N) is 1. The first-order valence-corrected chi connectivity index (χ1v) is 10.4. The van der Waals surface area contributed by atoms with Crippen molar-refractivity contribution in [3.8, 4) is 16.9 Å². The number of rotatable bonds is 5. The molecule has 0 radical (unpaired) electrons. The van der Waals surface area contributed by atoms with E-state index in [-0.39, 0.29) is 17.6 Å². The zero-order valence-electron chi connectivity index (χ0n) is 16.9. The van der Waals surface area contributed by atoms with Crippen LogP contribution in [0.5, 0.6) is 0 Å². The Kier molecular flexibility index (Phi) is 5.09. The van der Waals surface area contributed by atoms with Gasteiger partial charge in [0, 0.05) is 31.2 Å². The van der Waals surface area contributed by atoms with Gasteiger partial charge in [0.25, 0.3) is 11.5 Å². The Labute approximate surface area is 179 Å². The molecule has 1 amide bonds. The van der Waals surface area contributed by atoms with Gasteiger partial charge in [-0.25, -0.2) is 0 Å². The Balaban J connectivity index is 1.60. The lowest BCUT2D eigenvalue weighted by atomic mass is 10.1. The molecule has 0 unspecified atom stereocenters. The summed E-state index contributed by atoms with van der Waals surface area (Å²) in [7, 11) is 0. The molecule has 3 aliphatic heterocycles. The standard InChI is InChI=1S/C24H22N4O3/c29-23(25-17-8-3-1-4-9-17)20-15-27(14-19-12-7-13-31-19)16-21-22(20)26-28(24(21)30)18-10-5-2-6-11-18/h1-6,8-11,15-16,19H,7,12-14H2,(H,25,29)/t19-/m1/s1. The summed E-state index contributed by atoms with van der Waals surface area (Å²) in [5.74, 6) is -0.310. The molecule has 1 N–H and O–H groups in total. The summed E-state index contributed by atoms with van der Waals surface area (Å²) in [6.07, 6.45) is 5.58. The van der Waals surface area contributed by atoms with Crippen LogP contribution in [-0.2, 0) is 11.3 Å². The first kappa shape index (κ1) is 19.3. The lowest BCUT2D eigenvalue weighted by Gasteiger charge is -2.16. The third kappa shape index (κ3) is 3.87. The Bertz CT molecular complexity index is 1220. The number of hydrogen-bond donors (Lipinski definition) is 1. The number of carbonyl (C=O) groups is 1. The van der Waals surface area contributed by atoms with Crippen molar-refractivity contribution in [1.29, 1.82) is 0 Å². The molecule has 0 aromatic heterocycles. The number of amides is 1. The largest absolute Gasteiger partial charge is 0.376 e. The summed E-state index contributed by atoms with van der Waals surface area (Å²) < 4.78 is 8.97. The third-order valence-corrected chi connectivity index (χ3v) is 5.44. The van der Waals surface area contributed by atoms with Crippen molar-refractivity contribution in [2.45, 2.75) is 25.5 Å². The maximum absolute atomic E-state index is 13.2. The zero-order valence-corrected chi connectivity index (χ0v) is 16.9. The fourth-order valence-electron chi connectivity index (χ4n) is 3.92. The molecule has 2 aromatic rings. The Morgan fingerprint density at radius 1 is 1.06 bits per heavy atom. The van der Waals surface area contributed by atoms with E-state index < -0.39 is 0 Å². The van der Waals surface area contributed by atoms with Gasteiger partial charge in [-0.2, -0.15) is 9.78 Å². The van der Waals surface area contributed by atoms with E-state index in [0.717, 1.165) is 19.4 Å². The molecule has 5 rings (SSSR count). The molecule has 7 nitrogen and oxygen atoms in total. The van der Waals surface area contributed by atoms with Gasteiger partial charge < -0.3 is 14.6 Å². The number of benzene rings is 2. The van der Waals surface area contributed by atoms with Crippen LogP contribution in [0, 0.1) is 0 Å². The molecule has 31 heavy (non-hydrogen) atoms. The molecule has 0 saturated carbocycles. The number of ether oxygens (including phenoxy) is 1. The minimum absolute atomic E-state index is 0.0757. The van der Waals surface area contributed by atoms with Crippen LogP contribution in [0.25, 0.3) is 16.9 Å². The van der Waals surface area contributed by atoms with E-state index >= 15 is 0 Å². The Morgan fingerprint density at radius 2 is 1.81 bits per heavy atom. The normalized spacial score (nSPS) is 15.9. The average molecular weight is 414 g/mol. The van der Waals surface area contributed by atoms with Gasteiger partial charge in [0.1, 0.15) is 5.69 Å². The van der Waals surface area contributed by atoms with Gasteiger partial charge in [-0.1, -0.05) is 36.4 Å². The number of nitrogens with zero attached hydrogens (tertiary/aromatic N) is 3. The maximum atomic E-state index is 13.2. The number of carbonyl (C=O) groups excluding carboxylic acids is 1. The van der Waals surface area contributed by atoms with Crippen molar-refractivity contribution in [1.82, 2.24) is 14.3 Å². The van der Waals surface area contributed by atoms with Crippen LogP contribution in [0.4, 0.5) is 5.69 Å². The Hall–Kier alpha value is -3.71. The summed E-state index contributed by atoms with van der Waals surface area (Å²) in [6, 6.07) is 18.4. The minimum Gasteiger partial charge on any atom is -0.376 e. The van der Waals surface area contributed by atoms with Crippen LogP contribution >= 0.6 is 0 Å². The van der Waals surface area contributed by atoms with Crippen molar-refractivity contribution < 1.29 is 9.53 Å². The summed E-state index contributed by atoms with van der Waals surface area (Å²) in [5.41, 5.74) is 2.22. The number of pyridine rings is 1. The van der Waals surface area contributed by atoms with Gasteiger partial charge in [-0.3, -0.25) is 9.59 Å². The summed E-state index contributed by atoms with van der Waals surface area (Å²) in [6.45, 7) is 1.32. The van der Waals surface area contributed by atoms with Gasteiger partial charge in [-0.05, 0) is 37.1 Å². The van der Waals surface area contributed by atoms with E-state index in [1.807, 2.05) is 65.2 Å². The fraction of sp³-hybridized carbons (Fsp3) is 0.208. The highest BCUT2D eigenvalue weighted by molar-refractivity contribution is 6.08. The second kappa shape index (κ2) is 8.20. The maximum Gasteiger partial charge on any atom is 0.282 e. The first-order valence-electron chi connectivity index (χ1n) is 10.4. The number of hydrogen-bond acceptors (Lipinski definition) is 4. The second-order valence-corrected chi connectivity index (χ2v) is 7.64. The highest BCUT2D eigenvalue weighted by Crippen LogP contribution is 2.24. The predicted octanol–water partition coefficient (Wildman–Crippen LogP) is 3.57. The smallest absolute Gasteiger partial charge is 0.282 e. The van der Waals surface area contributed by atoms with E-state index in [1.54, 1.807) is 12.4 Å². The number of fused-ring (bicyclic) bond motifs is 1. The van der Waals surface area contributed by atoms with Crippen LogP contribution in [0.1, 0.15) is 23.2 Å². The third-order valence-electron chi connectivity index (χ3n) is 5.44. The van der Waals surface area contributed by atoms with Crippen LogP contribution in [0.3, 0.4) is 0 Å². The quantitative estimate of drug-likeness (QED) is 0.542. The highest BCUT2D eigenvalue weighted by atomic mass is 16.5. The molecule has 2 aromatic carbocycles. The molecule has 1 saturated heterocycles. The van der Waals surface area contributed by atoms with Crippen molar-refractivity contribution in [2.24, 2.45) is 0 Å². The van der Waals surface area contributed by atoms with Gasteiger partial charge >= 0.3 is 0 Å². The molecular weight excluding hydrogens is 392 g/mol. The van der Waals surface area contributed by atoms with E-state index in [9.17, 15) is 9.59 Å². The van der Waals surface area contributed by atoms with Crippen molar-refractivity contribution in [2.75, 3.05) is 11.9 Å². The summed E-state index contributed by atoms with van der Waals surface area (Å²) in [5, 5.41) is 7.42. The molecule has 3 heterocycles. The van der Waals surface area contributed by atoms with Gasteiger partial charge in [0.05, 0.1) is 22.9 Å². The van der Waals surface area contributed by atoms with Gasteiger partial charge in [0.2, 0.25) is 0 Å². The van der Waals surface area contributed by atoms with Crippen LogP contribution in [0.2, 0.25) is 0 Å². The zero-order chi connectivity index (χ0) is 21.2. The highest BCUT2D eigenvalue weighted by Gasteiger charge is 2.25. The van der Waals surface area contributed by atoms with Crippen LogP contribution in [-0.4, -0.2) is 33.0 Å². The topological polar surface area (TPSA) is 78.2 Å². The van der Waals surface area contributed by atoms with Crippen LogP contribution < -0.4 is 10.9 Å². The molecule has 1 atom stereocenters. The van der Waals surface area contributed by atoms with E-state index in [2.05, 4.69) is 10.4 Å². The number of anilines is 1. The molecule has 3 aliphatic rings. The lowest BCUT2D eigenvalue weighted by molar-refractivity contribution is 0.0961.